The maximum atomic E-state index is 12.1. The zero-order valence-corrected chi connectivity index (χ0v) is 12.0. The number of carbonyl (C=O) groups excluding carboxylic acids is 1. The largest absolute Gasteiger partial charge is 0.508 e. The zero-order valence-electron chi connectivity index (χ0n) is 12.0. The number of hydrogen-bond acceptors (Lipinski definition) is 4. The molecule has 0 bridgehead atoms. The van der Waals surface area contributed by atoms with E-state index in [2.05, 4.69) is 5.32 Å². The van der Waals surface area contributed by atoms with Crippen LogP contribution in [0.25, 0.3) is 0 Å². The molecule has 1 aliphatic heterocycles. The van der Waals surface area contributed by atoms with E-state index in [9.17, 15) is 9.90 Å². The molecular weight excluding hydrogens is 282 g/mol. The molecule has 0 fully saturated rings. The summed E-state index contributed by atoms with van der Waals surface area (Å²) in [4.78, 5) is 12.1. The molecule has 0 saturated heterocycles. The fraction of sp³-hybridized carbons (Fsp3) is 0.235. The molecule has 0 radical (unpaired) electrons. The fourth-order valence-corrected chi connectivity index (χ4v) is 2.25. The molecule has 1 heterocycles. The maximum absolute atomic E-state index is 12.1. The Hall–Kier alpha value is -2.69. The standard InChI is InChI=1S/C17H17NO4/c19-14-5-2-12(3-6-14)10-17(20)18-13-4-7-15-16(11-13)22-9-1-8-21-15/h2-7,11,19H,1,8-10H2,(H,18,20). The van der Waals surface area contributed by atoms with Gasteiger partial charge in [0.1, 0.15) is 5.75 Å². The number of carbonyl (C=O) groups is 1. The van der Waals surface area contributed by atoms with Crippen molar-refractivity contribution in [3.63, 3.8) is 0 Å². The second-order valence-corrected chi connectivity index (χ2v) is 5.10. The van der Waals surface area contributed by atoms with E-state index in [-0.39, 0.29) is 18.1 Å². The Kier molecular flexibility index (Phi) is 4.14. The zero-order chi connectivity index (χ0) is 15.4. The lowest BCUT2D eigenvalue weighted by molar-refractivity contribution is -0.115. The molecule has 0 saturated carbocycles. The highest BCUT2D eigenvalue weighted by Gasteiger charge is 2.12. The summed E-state index contributed by atoms with van der Waals surface area (Å²) in [5.74, 6) is 1.42. The van der Waals surface area contributed by atoms with Gasteiger partial charge in [-0.2, -0.15) is 0 Å². The Morgan fingerprint density at radius 1 is 1.05 bits per heavy atom. The van der Waals surface area contributed by atoms with Gasteiger partial charge in [0, 0.05) is 18.2 Å². The minimum Gasteiger partial charge on any atom is -0.508 e. The molecular formula is C17H17NO4. The van der Waals surface area contributed by atoms with Crippen LogP contribution in [0.5, 0.6) is 17.2 Å². The van der Waals surface area contributed by atoms with Crippen LogP contribution in [0.2, 0.25) is 0 Å². The SMILES string of the molecule is O=C(Cc1ccc(O)cc1)Nc1ccc2c(c1)OCCCO2. The molecule has 1 aliphatic rings. The first kappa shape index (κ1) is 14.3. The normalized spacial score (nSPS) is 13.3. The van der Waals surface area contributed by atoms with Crippen molar-refractivity contribution in [3.05, 3.63) is 48.0 Å². The van der Waals surface area contributed by atoms with E-state index in [0.717, 1.165) is 12.0 Å². The van der Waals surface area contributed by atoms with Crippen molar-refractivity contribution in [3.8, 4) is 17.2 Å². The molecule has 114 valence electrons. The van der Waals surface area contributed by atoms with Crippen LogP contribution in [0.3, 0.4) is 0 Å². The highest BCUT2D eigenvalue weighted by Crippen LogP contribution is 2.32. The molecule has 3 rings (SSSR count). The summed E-state index contributed by atoms with van der Waals surface area (Å²) in [6.07, 6.45) is 1.09. The quantitative estimate of drug-likeness (QED) is 0.914. The molecule has 2 aromatic rings. The maximum Gasteiger partial charge on any atom is 0.228 e. The molecule has 0 spiro atoms. The van der Waals surface area contributed by atoms with Crippen LogP contribution in [0.4, 0.5) is 5.69 Å². The molecule has 0 unspecified atom stereocenters. The first-order valence-corrected chi connectivity index (χ1v) is 7.18. The number of nitrogens with one attached hydrogen (secondary N) is 1. The summed E-state index contributed by atoms with van der Waals surface area (Å²) in [5, 5.41) is 12.1. The van der Waals surface area contributed by atoms with Crippen molar-refractivity contribution in [1.82, 2.24) is 0 Å². The highest BCUT2D eigenvalue weighted by atomic mass is 16.5. The number of hydrogen-bond donors (Lipinski definition) is 2. The summed E-state index contributed by atoms with van der Waals surface area (Å²) < 4.78 is 11.2. The van der Waals surface area contributed by atoms with Gasteiger partial charge in [0.15, 0.2) is 11.5 Å². The van der Waals surface area contributed by atoms with E-state index in [1.165, 1.54) is 0 Å². The lowest BCUT2D eigenvalue weighted by atomic mass is 10.1. The second kappa shape index (κ2) is 6.39. The van der Waals surface area contributed by atoms with Gasteiger partial charge in [0.05, 0.1) is 19.6 Å². The Balaban J connectivity index is 1.66. The van der Waals surface area contributed by atoms with Crippen molar-refractivity contribution < 1.29 is 19.4 Å². The Morgan fingerprint density at radius 3 is 2.55 bits per heavy atom. The first-order chi connectivity index (χ1) is 10.7. The average molecular weight is 299 g/mol. The average Bonchev–Trinajstić information content (AvgIpc) is 2.74. The number of ether oxygens (including phenoxy) is 2. The minimum absolute atomic E-state index is 0.125. The Bertz CT molecular complexity index is 667. The van der Waals surface area contributed by atoms with Crippen LogP contribution >= 0.6 is 0 Å². The van der Waals surface area contributed by atoms with Gasteiger partial charge >= 0.3 is 0 Å². The summed E-state index contributed by atoms with van der Waals surface area (Å²) in [6.45, 7) is 1.25. The predicted octanol–water partition coefficient (Wildman–Crippen LogP) is 2.73. The van der Waals surface area contributed by atoms with E-state index >= 15 is 0 Å². The van der Waals surface area contributed by atoms with E-state index in [4.69, 9.17) is 9.47 Å². The first-order valence-electron chi connectivity index (χ1n) is 7.18. The third kappa shape index (κ3) is 3.49. The van der Waals surface area contributed by atoms with E-state index in [0.29, 0.717) is 30.4 Å². The molecule has 2 aromatic carbocycles. The summed E-state index contributed by atoms with van der Waals surface area (Å²) in [7, 11) is 0. The van der Waals surface area contributed by atoms with Gasteiger partial charge in [0.25, 0.3) is 0 Å². The molecule has 2 N–H and O–H groups in total. The third-order valence-electron chi connectivity index (χ3n) is 3.33. The monoisotopic (exact) mass is 299 g/mol. The second-order valence-electron chi connectivity index (χ2n) is 5.10. The van der Waals surface area contributed by atoms with Gasteiger partial charge in [-0.05, 0) is 29.8 Å². The van der Waals surface area contributed by atoms with Crippen LogP contribution in [0.15, 0.2) is 42.5 Å². The Morgan fingerprint density at radius 2 is 1.77 bits per heavy atom. The van der Waals surface area contributed by atoms with Crippen LogP contribution in [0.1, 0.15) is 12.0 Å². The molecule has 0 aromatic heterocycles. The molecule has 1 amide bonds. The van der Waals surface area contributed by atoms with Gasteiger partial charge in [-0.3, -0.25) is 4.79 Å². The van der Waals surface area contributed by atoms with Crippen molar-refractivity contribution in [2.45, 2.75) is 12.8 Å². The van der Waals surface area contributed by atoms with E-state index < -0.39 is 0 Å². The van der Waals surface area contributed by atoms with Crippen LogP contribution in [-0.2, 0) is 11.2 Å². The number of phenolic OH excluding ortho intramolecular Hbond substituents is 1. The van der Waals surface area contributed by atoms with Gasteiger partial charge in [-0.1, -0.05) is 12.1 Å². The lowest BCUT2D eigenvalue weighted by Gasteiger charge is -2.10. The number of amides is 1. The van der Waals surface area contributed by atoms with Crippen LogP contribution in [0, 0.1) is 0 Å². The predicted molar refractivity (Wildman–Crippen MR) is 82.5 cm³/mol. The molecule has 5 nitrogen and oxygen atoms in total. The topological polar surface area (TPSA) is 67.8 Å². The number of aromatic hydroxyl groups is 1. The molecule has 0 atom stereocenters. The van der Waals surface area contributed by atoms with Crippen molar-refractivity contribution in [1.29, 1.82) is 0 Å². The van der Waals surface area contributed by atoms with E-state index in [1.54, 1.807) is 42.5 Å². The minimum atomic E-state index is -0.125. The van der Waals surface area contributed by atoms with Gasteiger partial charge in [0.2, 0.25) is 5.91 Å². The van der Waals surface area contributed by atoms with Crippen LogP contribution in [-0.4, -0.2) is 24.2 Å². The van der Waals surface area contributed by atoms with Crippen LogP contribution < -0.4 is 14.8 Å². The summed E-state index contributed by atoms with van der Waals surface area (Å²) in [5.41, 5.74) is 1.51. The molecule has 0 aliphatic carbocycles. The van der Waals surface area contributed by atoms with Crippen molar-refractivity contribution >= 4 is 11.6 Å². The third-order valence-corrected chi connectivity index (χ3v) is 3.33. The van der Waals surface area contributed by atoms with Gasteiger partial charge < -0.3 is 19.9 Å². The Labute approximate surface area is 128 Å². The fourth-order valence-electron chi connectivity index (χ4n) is 2.25. The molecule has 22 heavy (non-hydrogen) atoms. The summed E-state index contributed by atoms with van der Waals surface area (Å²) >= 11 is 0. The highest BCUT2D eigenvalue weighted by molar-refractivity contribution is 5.92. The number of phenols is 1. The van der Waals surface area contributed by atoms with E-state index in [1.807, 2.05) is 0 Å². The smallest absolute Gasteiger partial charge is 0.228 e. The lowest BCUT2D eigenvalue weighted by Crippen LogP contribution is -2.14. The van der Waals surface area contributed by atoms with Crippen molar-refractivity contribution in [2.24, 2.45) is 0 Å². The van der Waals surface area contributed by atoms with Gasteiger partial charge in [-0.25, -0.2) is 0 Å². The number of fused-ring (bicyclic) bond motifs is 1. The van der Waals surface area contributed by atoms with Gasteiger partial charge in [-0.15, -0.1) is 0 Å². The number of anilines is 1. The number of rotatable bonds is 3. The van der Waals surface area contributed by atoms with Crippen molar-refractivity contribution in [2.75, 3.05) is 18.5 Å². The summed E-state index contributed by atoms with van der Waals surface area (Å²) in [6, 6.07) is 12.0. The number of benzene rings is 2. The molecule has 5 heteroatoms.